The van der Waals surface area contributed by atoms with Gasteiger partial charge in [-0.25, -0.2) is 13.2 Å². The lowest BCUT2D eigenvalue weighted by atomic mass is 10.1. The number of benzene rings is 2. The molecule has 5 rings (SSSR count). The molecule has 2 aromatic carbocycles. The Kier molecular flexibility index (Phi) is 7.51. The van der Waals surface area contributed by atoms with E-state index in [0.29, 0.717) is 23.0 Å². The molecule has 0 saturated carbocycles. The summed E-state index contributed by atoms with van der Waals surface area (Å²) in [5, 5.41) is 6.48. The molecular weight excluding hydrogens is 541 g/mol. The van der Waals surface area contributed by atoms with Crippen LogP contribution >= 0.6 is 23.1 Å². The van der Waals surface area contributed by atoms with Crippen LogP contribution in [0.3, 0.4) is 0 Å². The molecule has 0 radical (unpaired) electrons. The lowest BCUT2D eigenvalue weighted by Gasteiger charge is -2.21. The van der Waals surface area contributed by atoms with Crippen LogP contribution in [0, 0.1) is 6.92 Å². The number of carbonyl (C=O) groups excluding carboxylic acids is 1. The fourth-order valence-corrected chi connectivity index (χ4v) is 7.84. The number of hydrogen-bond acceptors (Lipinski definition) is 7. The summed E-state index contributed by atoms with van der Waals surface area (Å²) in [4.78, 5) is 16.9. The largest absolute Gasteiger partial charge is 0.445 e. The van der Waals surface area contributed by atoms with Gasteiger partial charge < -0.3 is 14.6 Å². The zero-order chi connectivity index (χ0) is 26.9. The van der Waals surface area contributed by atoms with Gasteiger partial charge >= 0.3 is 6.09 Å². The van der Waals surface area contributed by atoms with Crippen LogP contribution in [0.1, 0.15) is 16.8 Å². The van der Waals surface area contributed by atoms with Crippen LogP contribution in [-0.2, 0) is 28.4 Å². The number of carbonyl (C=O) groups is 1. The van der Waals surface area contributed by atoms with Gasteiger partial charge in [-0.2, -0.15) is 0 Å². The average Bonchev–Trinajstić information content (AvgIpc) is 3.67. The topological polar surface area (TPSA) is 93.0 Å². The molecule has 0 bridgehead atoms. The van der Waals surface area contributed by atoms with E-state index in [9.17, 15) is 13.2 Å². The average molecular weight is 569 g/mol. The van der Waals surface area contributed by atoms with E-state index in [1.54, 1.807) is 36.3 Å². The second kappa shape index (κ2) is 10.8. The van der Waals surface area contributed by atoms with Crippen molar-refractivity contribution in [2.75, 3.05) is 24.4 Å². The number of aryl methyl sites for hydroxylation is 2. The Hall–Kier alpha value is -3.28. The monoisotopic (exact) mass is 568 g/mol. The van der Waals surface area contributed by atoms with Crippen molar-refractivity contribution in [2.45, 2.75) is 23.0 Å². The minimum absolute atomic E-state index is 0.0791. The molecular formula is C27H28N4O4S3. The van der Waals surface area contributed by atoms with Gasteiger partial charge in [0.15, 0.2) is 0 Å². The molecule has 1 N–H and O–H groups in total. The number of ether oxygens (including phenoxy) is 1. The molecule has 1 atom stereocenters. The van der Waals surface area contributed by atoms with Crippen molar-refractivity contribution >= 4 is 60.8 Å². The van der Waals surface area contributed by atoms with E-state index < -0.39 is 16.1 Å². The fourth-order valence-electron chi connectivity index (χ4n) is 4.38. The summed E-state index contributed by atoms with van der Waals surface area (Å²) in [5.41, 5.74) is 4.25. The van der Waals surface area contributed by atoms with Crippen LogP contribution in [0.4, 0.5) is 10.5 Å². The number of thiophene rings is 1. The number of nitrogens with one attached hydrogen (secondary N) is 1. The van der Waals surface area contributed by atoms with Gasteiger partial charge in [-0.05, 0) is 47.7 Å². The quantitative estimate of drug-likeness (QED) is 0.317. The zero-order valence-corrected chi connectivity index (χ0v) is 23.7. The Labute approximate surface area is 230 Å². The van der Waals surface area contributed by atoms with Gasteiger partial charge in [-0.15, -0.1) is 11.3 Å². The number of nitrogens with zero attached hydrogens (tertiary/aromatic N) is 3. The van der Waals surface area contributed by atoms with Crippen molar-refractivity contribution < 1.29 is 17.9 Å². The third-order valence-corrected chi connectivity index (χ3v) is 10.7. The summed E-state index contributed by atoms with van der Waals surface area (Å²) in [7, 11) is -0.157. The minimum Gasteiger partial charge on any atom is -0.445 e. The first-order valence-electron chi connectivity index (χ1n) is 12.0. The summed E-state index contributed by atoms with van der Waals surface area (Å²) in [5.74, 6) is 0. The van der Waals surface area contributed by atoms with Gasteiger partial charge in [-0.3, -0.25) is 9.30 Å². The molecule has 0 aliphatic carbocycles. The molecule has 1 aliphatic heterocycles. The Bertz CT molecular complexity index is 1600. The molecule has 2 aromatic heterocycles. The number of sulfonamides is 1. The second-order valence-electron chi connectivity index (χ2n) is 9.04. The second-order valence-corrected chi connectivity index (χ2v) is 13.5. The highest BCUT2D eigenvalue weighted by Crippen LogP contribution is 2.36. The van der Waals surface area contributed by atoms with Crippen LogP contribution in [-0.4, -0.2) is 49.5 Å². The summed E-state index contributed by atoms with van der Waals surface area (Å²) in [6, 6.07) is 18.9. The van der Waals surface area contributed by atoms with Crippen molar-refractivity contribution in [2.24, 2.45) is 12.0 Å². The first-order valence-corrected chi connectivity index (χ1v) is 15.2. The molecule has 38 heavy (non-hydrogen) atoms. The highest BCUT2D eigenvalue weighted by molar-refractivity contribution is 8.15. The first kappa shape index (κ1) is 26.3. The molecule has 3 heterocycles. The van der Waals surface area contributed by atoms with E-state index in [-0.39, 0.29) is 11.9 Å². The predicted octanol–water partition coefficient (Wildman–Crippen LogP) is 5.16. The number of alkyl carbamates (subject to hydrolysis) is 1. The Balaban J connectivity index is 1.30. The van der Waals surface area contributed by atoms with Gasteiger partial charge in [0.05, 0.1) is 23.4 Å². The van der Waals surface area contributed by atoms with E-state index in [1.165, 1.54) is 15.6 Å². The lowest BCUT2D eigenvalue weighted by molar-refractivity contribution is 0.140. The molecule has 11 heteroatoms. The normalized spacial score (nSPS) is 15.4. The van der Waals surface area contributed by atoms with E-state index in [2.05, 4.69) is 11.4 Å². The number of anilines is 1. The van der Waals surface area contributed by atoms with Gasteiger partial charge in [0.25, 0.3) is 10.0 Å². The maximum absolute atomic E-state index is 13.3. The summed E-state index contributed by atoms with van der Waals surface area (Å²) >= 11 is 2.80. The van der Waals surface area contributed by atoms with E-state index in [4.69, 9.17) is 9.73 Å². The third-order valence-electron chi connectivity index (χ3n) is 6.32. The standard InChI is InChI=1S/C27H28N4O4S3/c1-18-12-20-14-23(30(2)25(20)22(13-18)31(3)38(33,34)24-10-7-11-36-24)26-28-15-21(37-26)16-29-27(32)35-17-19-8-5-4-6-9-19/h4-14,21H,15-17H2,1-3H3,(H,29,32). The highest BCUT2D eigenvalue weighted by atomic mass is 32.2. The van der Waals surface area contributed by atoms with Crippen LogP contribution in [0.15, 0.2) is 75.2 Å². The zero-order valence-electron chi connectivity index (χ0n) is 21.2. The molecule has 4 aromatic rings. The molecule has 8 nitrogen and oxygen atoms in total. The van der Waals surface area contributed by atoms with Gasteiger partial charge in [0.1, 0.15) is 15.9 Å². The highest BCUT2D eigenvalue weighted by Gasteiger charge is 2.28. The number of aliphatic imine (C=N–C) groups is 1. The van der Waals surface area contributed by atoms with Crippen LogP contribution in [0.5, 0.6) is 0 Å². The van der Waals surface area contributed by atoms with Crippen molar-refractivity contribution in [3.8, 4) is 0 Å². The molecule has 0 fully saturated rings. The van der Waals surface area contributed by atoms with Crippen LogP contribution in [0.25, 0.3) is 10.9 Å². The summed E-state index contributed by atoms with van der Waals surface area (Å²) in [6.07, 6.45) is -0.456. The Morgan fingerprint density at radius 1 is 1.18 bits per heavy atom. The number of hydrogen-bond donors (Lipinski definition) is 1. The number of rotatable bonds is 8. The maximum Gasteiger partial charge on any atom is 0.407 e. The SMILES string of the molecule is Cc1cc(N(C)S(=O)(=O)c2cccs2)c2c(c1)cc(C1=NCC(CNC(=O)OCc3ccccc3)S1)n2C. The van der Waals surface area contributed by atoms with E-state index in [1.807, 2.05) is 61.0 Å². The van der Waals surface area contributed by atoms with Gasteiger partial charge in [0, 0.05) is 31.3 Å². The smallest absolute Gasteiger partial charge is 0.407 e. The Morgan fingerprint density at radius 2 is 1.97 bits per heavy atom. The molecule has 1 unspecified atom stereocenters. The van der Waals surface area contributed by atoms with Gasteiger partial charge in [-0.1, -0.05) is 48.2 Å². The van der Waals surface area contributed by atoms with Gasteiger partial charge in [0.2, 0.25) is 0 Å². The van der Waals surface area contributed by atoms with Crippen molar-refractivity contribution in [3.63, 3.8) is 0 Å². The van der Waals surface area contributed by atoms with Crippen LogP contribution < -0.4 is 9.62 Å². The lowest BCUT2D eigenvalue weighted by Crippen LogP contribution is -2.31. The number of fused-ring (bicyclic) bond motifs is 1. The number of aromatic nitrogens is 1. The molecule has 1 amide bonds. The van der Waals surface area contributed by atoms with Crippen molar-refractivity contribution in [3.05, 3.63) is 82.9 Å². The minimum atomic E-state index is -3.68. The summed E-state index contributed by atoms with van der Waals surface area (Å²) < 4.78 is 35.5. The van der Waals surface area contributed by atoms with E-state index in [0.717, 1.165) is 32.8 Å². The molecule has 0 saturated heterocycles. The number of amides is 1. The molecule has 198 valence electrons. The molecule has 0 spiro atoms. The number of thioether (sulfide) groups is 1. The third kappa shape index (κ3) is 5.31. The molecule has 1 aliphatic rings. The Morgan fingerprint density at radius 3 is 2.71 bits per heavy atom. The van der Waals surface area contributed by atoms with Crippen LogP contribution in [0.2, 0.25) is 0 Å². The van der Waals surface area contributed by atoms with Crippen molar-refractivity contribution in [1.82, 2.24) is 9.88 Å². The maximum atomic E-state index is 13.3. The predicted molar refractivity (Wildman–Crippen MR) is 155 cm³/mol. The first-order chi connectivity index (χ1) is 18.2. The summed E-state index contributed by atoms with van der Waals surface area (Å²) in [6.45, 7) is 3.18. The van der Waals surface area contributed by atoms with E-state index >= 15 is 0 Å². The fraction of sp³-hybridized carbons (Fsp3) is 0.259. The van der Waals surface area contributed by atoms with Crippen molar-refractivity contribution in [1.29, 1.82) is 0 Å².